The smallest absolute Gasteiger partial charge is 0.266 e. The van der Waals surface area contributed by atoms with Gasteiger partial charge in [-0.1, -0.05) is 65.5 Å². The Balaban J connectivity index is 1.89. The summed E-state index contributed by atoms with van der Waals surface area (Å²) in [6, 6.07) is 14.6. The number of nitrogens with zero attached hydrogens (tertiary/aromatic N) is 2. The number of alkyl halides is 1. The van der Waals surface area contributed by atoms with Gasteiger partial charge >= 0.3 is 0 Å². The lowest BCUT2D eigenvalue weighted by Crippen LogP contribution is -2.27. The van der Waals surface area contributed by atoms with Crippen molar-refractivity contribution in [1.82, 2.24) is 14.9 Å². The van der Waals surface area contributed by atoms with Crippen LogP contribution in [-0.4, -0.2) is 34.9 Å². The van der Waals surface area contributed by atoms with Crippen molar-refractivity contribution in [3.8, 4) is 11.4 Å². The van der Waals surface area contributed by atoms with Crippen molar-refractivity contribution in [2.45, 2.75) is 24.6 Å². The summed E-state index contributed by atoms with van der Waals surface area (Å²) in [5.41, 5.74) is 1.38. The molecule has 0 saturated heterocycles. The third-order valence-corrected chi connectivity index (χ3v) is 6.38. The van der Waals surface area contributed by atoms with Gasteiger partial charge in [-0.3, -0.25) is 19.0 Å². The molecule has 186 valence electrons. The minimum absolute atomic E-state index is 0.174. The maximum absolute atomic E-state index is 13.6. The Labute approximate surface area is 218 Å². The van der Waals surface area contributed by atoms with Crippen LogP contribution >= 0.6 is 15.9 Å². The molecule has 0 aliphatic heterocycles. The molecule has 3 aromatic rings. The quantitative estimate of drug-likeness (QED) is 0.113. The number of carbonyl (C=O) groups excluding carboxylic acids is 2. The summed E-state index contributed by atoms with van der Waals surface area (Å²) in [4.78, 5) is 41.7. The highest BCUT2D eigenvalue weighted by atomic mass is 79.9. The number of rotatable bonds is 12. The molecule has 0 bridgehead atoms. The Bertz CT molecular complexity index is 1370. The van der Waals surface area contributed by atoms with E-state index in [9.17, 15) is 14.4 Å². The highest BCUT2D eigenvalue weighted by molar-refractivity contribution is 9.09. The molecule has 0 saturated carbocycles. The first-order valence-electron chi connectivity index (χ1n) is 11.6. The van der Waals surface area contributed by atoms with Crippen molar-refractivity contribution < 1.29 is 14.3 Å². The lowest BCUT2D eigenvalue weighted by atomic mass is 10.1. The van der Waals surface area contributed by atoms with Gasteiger partial charge in [0.1, 0.15) is 11.6 Å². The van der Waals surface area contributed by atoms with E-state index in [1.54, 1.807) is 10.6 Å². The number of aromatic nitrogens is 2. The molecule has 0 aliphatic rings. The summed E-state index contributed by atoms with van der Waals surface area (Å²) in [6.45, 7) is 9.85. The number of amides is 1. The minimum atomic E-state index is -0.399. The van der Waals surface area contributed by atoms with E-state index in [1.165, 1.54) is 12.2 Å². The summed E-state index contributed by atoms with van der Waals surface area (Å²) >= 11 is 3.71. The fourth-order valence-corrected chi connectivity index (χ4v) is 4.41. The molecule has 36 heavy (non-hydrogen) atoms. The van der Waals surface area contributed by atoms with Gasteiger partial charge in [0.15, 0.2) is 6.29 Å². The van der Waals surface area contributed by atoms with Crippen LogP contribution in [0.25, 0.3) is 16.6 Å². The second-order valence-electron chi connectivity index (χ2n) is 7.79. The first-order valence-corrected chi connectivity index (χ1v) is 12.5. The van der Waals surface area contributed by atoms with Crippen molar-refractivity contribution >= 4 is 39.0 Å². The Morgan fingerprint density at radius 2 is 1.89 bits per heavy atom. The van der Waals surface area contributed by atoms with Crippen molar-refractivity contribution in [2.24, 2.45) is 0 Å². The number of aldehydes is 1. The lowest BCUT2D eigenvalue weighted by Gasteiger charge is -2.19. The molecule has 1 unspecified atom stereocenters. The standard InChI is InChI=1S/C28H28BrN3O4/c1-4-19(18-33)20(5-2)27(34)30-17-11-13-22(29)26-31-23-14-8-7-12-21(23)28(35)32(26)24-15-9-10-16-25(24)36-6-3/h4-5,7-10,12,14-16,18,22H,1-2,6,11,13,17H2,3H3,(H,30,34)/b20-19-. The van der Waals surface area contributed by atoms with Gasteiger partial charge in [-0.15, -0.1) is 0 Å². The van der Waals surface area contributed by atoms with Gasteiger partial charge in [0.05, 0.1) is 28.0 Å². The number of halogens is 1. The van der Waals surface area contributed by atoms with Crippen molar-refractivity contribution in [1.29, 1.82) is 0 Å². The number of ether oxygens (including phenoxy) is 1. The predicted molar refractivity (Wildman–Crippen MR) is 146 cm³/mol. The predicted octanol–water partition coefficient (Wildman–Crippen LogP) is 4.98. The van der Waals surface area contributed by atoms with Gasteiger partial charge in [0, 0.05) is 17.7 Å². The molecule has 1 heterocycles. The third-order valence-electron chi connectivity index (χ3n) is 5.51. The largest absolute Gasteiger partial charge is 0.492 e. The molecular weight excluding hydrogens is 522 g/mol. The maximum Gasteiger partial charge on any atom is 0.266 e. The maximum atomic E-state index is 13.6. The minimum Gasteiger partial charge on any atom is -0.492 e. The SMILES string of the molecule is C=C/C(C=O)=C(\C=C)C(=O)NCCCC(Br)c1nc2ccccc2c(=O)n1-c1ccccc1OCC. The van der Waals surface area contributed by atoms with Crippen LogP contribution in [0.1, 0.15) is 30.4 Å². The second kappa shape index (κ2) is 12.8. The molecule has 1 atom stereocenters. The number of hydrogen-bond donors (Lipinski definition) is 1. The second-order valence-corrected chi connectivity index (χ2v) is 8.89. The van der Waals surface area contributed by atoms with E-state index in [2.05, 4.69) is 34.4 Å². The zero-order valence-electron chi connectivity index (χ0n) is 20.1. The molecule has 1 amide bonds. The highest BCUT2D eigenvalue weighted by Gasteiger charge is 2.21. The summed E-state index contributed by atoms with van der Waals surface area (Å²) in [5, 5.41) is 3.31. The third kappa shape index (κ3) is 5.88. The van der Waals surface area contributed by atoms with E-state index in [0.717, 1.165) is 0 Å². The van der Waals surface area contributed by atoms with E-state index in [0.29, 0.717) is 60.4 Å². The molecule has 1 aromatic heterocycles. The number of benzene rings is 2. The number of nitrogens with one attached hydrogen (secondary N) is 1. The molecule has 0 radical (unpaired) electrons. The first kappa shape index (κ1) is 26.8. The number of allylic oxidation sites excluding steroid dienone is 2. The lowest BCUT2D eigenvalue weighted by molar-refractivity contribution is -0.117. The molecular formula is C28H28BrN3O4. The molecule has 3 rings (SSSR count). The zero-order valence-corrected chi connectivity index (χ0v) is 21.7. The van der Waals surface area contributed by atoms with Gasteiger partial charge < -0.3 is 10.1 Å². The topological polar surface area (TPSA) is 90.3 Å². The van der Waals surface area contributed by atoms with Crippen LogP contribution in [0, 0.1) is 0 Å². The van der Waals surface area contributed by atoms with Crippen molar-refractivity contribution in [2.75, 3.05) is 13.2 Å². The van der Waals surface area contributed by atoms with Gasteiger partial charge in [0.2, 0.25) is 0 Å². The van der Waals surface area contributed by atoms with E-state index in [1.807, 2.05) is 49.4 Å². The monoisotopic (exact) mass is 549 g/mol. The summed E-state index contributed by atoms with van der Waals surface area (Å²) in [7, 11) is 0. The Kier molecular flexibility index (Phi) is 9.53. The van der Waals surface area contributed by atoms with Crippen LogP contribution in [0.15, 0.2) is 89.8 Å². The average Bonchev–Trinajstić information content (AvgIpc) is 2.90. The number of hydrogen-bond acceptors (Lipinski definition) is 5. The zero-order chi connectivity index (χ0) is 26.1. The number of para-hydroxylation sites is 3. The summed E-state index contributed by atoms with van der Waals surface area (Å²) < 4.78 is 7.38. The van der Waals surface area contributed by atoms with Gasteiger partial charge in [-0.25, -0.2) is 4.98 Å². The molecule has 0 aliphatic carbocycles. The summed E-state index contributed by atoms with van der Waals surface area (Å²) in [5.74, 6) is 0.729. The number of carbonyl (C=O) groups is 2. The summed E-state index contributed by atoms with van der Waals surface area (Å²) in [6.07, 6.45) is 4.40. The van der Waals surface area contributed by atoms with E-state index >= 15 is 0 Å². The van der Waals surface area contributed by atoms with Gasteiger partial charge in [-0.2, -0.15) is 0 Å². The molecule has 7 nitrogen and oxygen atoms in total. The van der Waals surface area contributed by atoms with E-state index in [-0.39, 0.29) is 21.5 Å². The van der Waals surface area contributed by atoms with Gasteiger partial charge in [-0.05, 0) is 44.0 Å². The normalized spacial score (nSPS) is 12.4. The Morgan fingerprint density at radius 3 is 2.58 bits per heavy atom. The average molecular weight is 550 g/mol. The van der Waals surface area contributed by atoms with Crippen LogP contribution in [0.4, 0.5) is 0 Å². The molecule has 0 spiro atoms. The molecule has 2 aromatic carbocycles. The van der Waals surface area contributed by atoms with Crippen molar-refractivity contribution in [3.05, 3.63) is 101 Å². The van der Waals surface area contributed by atoms with Crippen LogP contribution in [0.3, 0.4) is 0 Å². The van der Waals surface area contributed by atoms with Crippen LogP contribution in [0.2, 0.25) is 0 Å². The first-order chi connectivity index (χ1) is 17.5. The van der Waals surface area contributed by atoms with Crippen LogP contribution in [0.5, 0.6) is 5.75 Å². The Hall–Kier alpha value is -3.78. The van der Waals surface area contributed by atoms with E-state index < -0.39 is 5.91 Å². The highest BCUT2D eigenvalue weighted by Crippen LogP contribution is 2.31. The van der Waals surface area contributed by atoms with Gasteiger partial charge in [0.25, 0.3) is 11.5 Å². The number of fused-ring (bicyclic) bond motifs is 1. The Morgan fingerprint density at radius 1 is 1.17 bits per heavy atom. The molecule has 1 N–H and O–H groups in total. The van der Waals surface area contributed by atoms with Crippen LogP contribution in [-0.2, 0) is 9.59 Å². The van der Waals surface area contributed by atoms with Crippen LogP contribution < -0.4 is 15.6 Å². The fraction of sp³-hybridized carbons (Fsp3) is 0.214. The molecule has 8 heteroatoms. The fourth-order valence-electron chi connectivity index (χ4n) is 3.78. The van der Waals surface area contributed by atoms with Crippen molar-refractivity contribution in [3.63, 3.8) is 0 Å². The molecule has 0 fully saturated rings. The van der Waals surface area contributed by atoms with E-state index in [4.69, 9.17) is 9.72 Å².